The molecule has 0 bridgehead atoms. The maximum atomic E-state index is 13.1. The van der Waals surface area contributed by atoms with E-state index in [2.05, 4.69) is 10.6 Å². The third kappa shape index (κ3) is 7.93. The standard InChI is InChI=1S/C26H34N2O4/c1-17(2)27-25(19(4)22-9-7-6-8-10-22)24(30)15-18(3)26(31)28-23-13-11-21(12-14-23)16-32-20(5)29/h6-14,17-19,25,27H,15-16H2,1-5H3,(H,28,31)/t18-,19?,25+/m1/s1. The number of carbonyl (C=O) groups is 3. The number of ketones is 1. The second-order valence-electron chi connectivity index (χ2n) is 8.54. The van der Waals surface area contributed by atoms with E-state index in [1.807, 2.05) is 51.1 Å². The van der Waals surface area contributed by atoms with Crippen molar-refractivity contribution in [3.05, 3.63) is 65.7 Å². The number of Topliss-reactive ketones (excluding diaryl/α,β-unsaturated/α-hetero) is 1. The van der Waals surface area contributed by atoms with Crippen LogP contribution in [0.1, 0.15) is 58.1 Å². The number of hydrogen-bond acceptors (Lipinski definition) is 5. The van der Waals surface area contributed by atoms with Gasteiger partial charge in [0.1, 0.15) is 6.61 Å². The Hall–Kier alpha value is -2.99. The van der Waals surface area contributed by atoms with Crippen LogP contribution in [0.25, 0.3) is 0 Å². The van der Waals surface area contributed by atoms with Crippen molar-refractivity contribution in [2.24, 2.45) is 5.92 Å². The van der Waals surface area contributed by atoms with E-state index in [1.165, 1.54) is 6.92 Å². The van der Waals surface area contributed by atoms with Gasteiger partial charge in [0.15, 0.2) is 5.78 Å². The predicted molar refractivity (Wildman–Crippen MR) is 126 cm³/mol. The monoisotopic (exact) mass is 438 g/mol. The van der Waals surface area contributed by atoms with Crippen molar-refractivity contribution in [1.29, 1.82) is 0 Å². The van der Waals surface area contributed by atoms with Gasteiger partial charge in [0.05, 0.1) is 6.04 Å². The molecule has 0 radical (unpaired) electrons. The Morgan fingerprint density at radius 1 is 0.906 bits per heavy atom. The van der Waals surface area contributed by atoms with E-state index in [1.54, 1.807) is 31.2 Å². The second kappa shape index (κ2) is 12.2. The molecule has 0 heterocycles. The van der Waals surface area contributed by atoms with Crippen molar-refractivity contribution < 1.29 is 19.1 Å². The van der Waals surface area contributed by atoms with Crippen LogP contribution in [0.15, 0.2) is 54.6 Å². The molecule has 32 heavy (non-hydrogen) atoms. The summed E-state index contributed by atoms with van der Waals surface area (Å²) in [6.45, 7) is 9.38. The average Bonchev–Trinajstić information content (AvgIpc) is 2.76. The Labute approximate surface area is 190 Å². The van der Waals surface area contributed by atoms with Crippen molar-refractivity contribution >= 4 is 23.3 Å². The van der Waals surface area contributed by atoms with Gasteiger partial charge in [-0.05, 0) is 23.3 Å². The maximum absolute atomic E-state index is 13.1. The molecule has 0 aromatic heterocycles. The van der Waals surface area contributed by atoms with Crippen LogP contribution < -0.4 is 10.6 Å². The predicted octanol–water partition coefficient (Wildman–Crippen LogP) is 4.45. The largest absolute Gasteiger partial charge is 0.461 e. The van der Waals surface area contributed by atoms with Gasteiger partial charge in [-0.2, -0.15) is 0 Å². The highest BCUT2D eigenvalue weighted by Gasteiger charge is 2.29. The molecule has 0 spiro atoms. The average molecular weight is 439 g/mol. The third-order valence-corrected chi connectivity index (χ3v) is 5.30. The topological polar surface area (TPSA) is 84.5 Å². The zero-order valence-corrected chi connectivity index (χ0v) is 19.6. The summed E-state index contributed by atoms with van der Waals surface area (Å²) in [7, 11) is 0. The summed E-state index contributed by atoms with van der Waals surface area (Å²) in [6, 6.07) is 16.8. The number of amides is 1. The molecule has 6 nitrogen and oxygen atoms in total. The summed E-state index contributed by atoms with van der Waals surface area (Å²) in [5.74, 6) is -1.00. The summed E-state index contributed by atoms with van der Waals surface area (Å²) in [5, 5.41) is 6.24. The van der Waals surface area contributed by atoms with Crippen molar-refractivity contribution in [2.75, 3.05) is 5.32 Å². The minimum Gasteiger partial charge on any atom is -0.461 e. The molecule has 6 heteroatoms. The van der Waals surface area contributed by atoms with Gasteiger partial charge >= 0.3 is 5.97 Å². The molecule has 2 aromatic rings. The van der Waals surface area contributed by atoms with E-state index >= 15 is 0 Å². The van der Waals surface area contributed by atoms with Gasteiger partial charge in [-0.1, -0.05) is 70.2 Å². The van der Waals surface area contributed by atoms with E-state index in [4.69, 9.17) is 4.74 Å². The molecule has 2 rings (SSSR count). The van der Waals surface area contributed by atoms with E-state index in [-0.39, 0.29) is 48.7 Å². The van der Waals surface area contributed by atoms with Crippen molar-refractivity contribution in [2.45, 2.75) is 65.6 Å². The van der Waals surface area contributed by atoms with Crippen LogP contribution in [-0.4, -0.2) is 29.7 Å². The number of nitrogens with one attached hydrogen (secondary N) is 2. The van der Waals surface area contributed by atoms with Gasteiger partial charge in [-0.15, -0.1) is 0 Å². The number of carbonyl (C=O) groups excluding carboxylic acids is 3. The number of benzene rings is 2. The molecule has 0 aliphatic rings. The Bertz CT molecular complexity index is 894. The first kappa shape index (κ1) is 25.3. The highest BCUT2D eigenvalue weighted by atomic mass is 16.5. The van der Waals surface area contributed by atoms with Gasteiger partial charge in [0.2, 0.25) is 5.91 Å². The lowest BCUT2D eigenvalue weighted by molar-refractivity contribution is -0.142. The molecule has 2 N–H and O–H groups in total. The molecule has 0 saturated heterocycles. The normalized spacial score (nSPS) is 13.8. The van der Waals surface area contributed by atoms with Gasteiger partial charge < -0.3 is 15.4 Å². The summed E-state index contributed by atoms with van der Waals surface area (Å²) in [4.78, 5) is 36.7. The minimum absolute atomic E-state index is 0.00822. The van der Waals surface area contributed by atoms with Crippen LogP contribution in [-0.2, 0) is 25.7 Å². The highest BCUT2D eigenvalue weighted by Crippen LogP contribution is 2.23. The van der Waals surface area contributed by atoms with Crippen molar-refractivity contribution in [3.8, 4) is 0 Å². The van der Waals surface area contributed by atoms with E-state index in [0.717, 1.165) is 11.1 Å². The van der Waals surface area contributed by atoms with Crippen LogP contribution >= 0.6 is 0 Å². The third-order valence-electron chi connectivity index (χ3n) is 5.30. The minimum atomic E-state index is -0.470. The highest BCUT2D eigenvalue weighted by molar-refractivity contribution is 5.96. The zero-order chi connectivity index (χ0) is 23.7. The summed E-state index contributed by atoms with van der Waals surface area (Å²) in [6.07, 6.45) is 0.151. The first-order valence-corrected chi connectivity index (χ1v) is 11.0. The molecule has 1 amide bonds. The molecule has 0 aliphatic heterocycles. The number of esters is 1. The van der Waals surface area contributed by atoms with Gasteiger partial charge in [-0.25, -0.2) is 0 Å². The van der Waals surface area contributed by atoms with E-state index < -0.39 is 5.92 Å². The van der Waals surface area contributed by atoms with Gasteiger partial charge in [0.25, 0.3) is 0 Å². The molecule has 0 saturated carbocycles. The maximum Gasteiger partial charge on any atom is 0.302 e. The second-order valence-corrected chi connectivity index (χ2v) is 8.54. The summed E-state index contributed by atoms with van der Waals surface area (Å²) >= 11 is 0. The van der Waals surface area contributed by atoms with E-state index in [9.17, 15) is 14.4 Å². The molecule has 1 unspecified atom stereocenters. The van der Waals surface area contributed by atoms with Crippen LogP contribution in [0.3, 0.4) is 0 Å². The lowest BCUT2D eigenvalue weighted by atomic mass is 9.87. The van der Waals surface area contributed by atoms with E-state index in [0.29, 0.717) is 5.69 Å². The number of ether oxygens (including phenoxy) is 1. The Balaban J connectivity index is 1.98. The Morgan fingerprint density at radius 2 is 1.53 bits per heavy atom. The van der Waals surface area contributed by atoms with Crippen LogP contribution in [0.4, 0.5) is 5.69 Å². The Morgan fingerprint density at radius 3 is 2.09 bits per heavy atom. The van der Waals surface area contributed by atoms with Crippen molar-refractivity contribution in [1.82, 2.24) is 5.32 Å². The fourth-order valence-corrected chi connectivity index (χ4v) is 3.48. The Kier molecular flexibility index (Phi) is 9.60. The molecule has 0 fully saturated rings. The molecule has 3 atom stereocenters. The molecular formula is C26H34N2O4. The zero-order valence-electron chi connectivity index (χ0n) is 19.6. The summed E-state index contributed by atoms with van der Waals surface area (Å²) < 4.78 is 4.96. The van der Waals surface area contributed by atoms with Crippen molar-refractivity contribution in [3.63, 3.8) is 0 Å². The fraction of sp³-hybridized carbons (Fsp3) is 0.423. The SMILES string of the molecule is CC(=O)OCc1ccc(NC(=O)[C@H](C)CC(=O)[C@@H](NC(C)C)C(C)c2ccccc2)cc1. The van der Waals surface area contributed by atoms with Crippen LogP contribution in [0, 0.1) is 5.92 Å². The lowest BCUT2D eigenvalue weighted by Gasteiger charge is -2.27. The summed E-state index contributed by atoms with van der Waals surface area (Å²) in [5.41, 5.74) is 2.55. The smallest absolute Gasteiger partial charge is 0.302 e. The van der Waals surface area contributed by atoms with Gasteiger partial charge in [0, 0.05) is 36.9 Å². The number of hydrogen-bond donors (Lipinski definition) is 2. The van der Waals surface area contributed by atoms with Crippen LogP contribution in [0.2, 0.25) is 0 Å². The van der Waals surface area contributed by atoms with Crippen LogP contribution in [0.5, 0.6) is 0 Å². The molecular weight excluding hydrogens is 404 g/mol. The number of anilines is 1. The van der Waals surface area contributed by atoms with Gasteiger partial charge in [-0.3, -0.25) is 14.4 Å². The molecule has 172 valence electrons. The lowest BCUT2D eigenvalue weighted by Crippen LogP contribution is -2.45. The first-order valence-electron chi connectivity index (χ1n) is 11.0. The molecule has 2 aromatic carbocycles. The first-order chi connectivity index (χ1) is 15.2. The molecule has 0 aliphatic carbocycles. The number of rotatable bonds is 11. The fourth-order valence-electron chi connectivity index (χ4n) is 3.48. The quantitative estimate of drug-likeness (QED) is 0.506.